The summed E-state index contributed by atoms with van der Waals surface area (Å²) in [7, 11) is 0. The lowest BCUT2D eigenvalue weighted by Gasteiger charge is -2.21. The van der Waals surface area contributed by atoms with Crippen LogP contribution in [0.1, 0.15) is 13.3 Å². The van der Waals surface area contributed by atoms with Gasteiger partial charge in [0, 0.05) is 12.0 Å². The minimum absolute atomic E-state index is 0.0337. The molecule has 18 heavy (non-hydrogen) atoms. The van der Waals surface area contributed by atoms with Gasteiger partial charge >= 0.3 is 0 Å². The molecule has 0 bridgehead atoms. The monoisotopic (exact) mass is 245 g/mol. The van der Waals surface area contributed by atoms with Gasteiger partial charge in [-0.2, -0.15) is 0 Å². The molecule has 2 rings (SSSR count). The molecule has 3 nitrogen and oxygen atoms in total. The van der Waals surface area contributed by atoms with Gasteiger partial charge < -0.3 is 15.6 Å². The van der Waals surface area contributed by atoms with Crippen molar-refractivity contribution in [2.45, 2.75) is 18.9 Å². The zero-order valence-corrected chi connectivity index (χ0v) is 10.6. The van der Waals surface area contributed by atoms with Gasteiger partial charge in [0.2, 0.25) is 0 Å². The molecule has 0 heterocycles. The fourth-order valence-electron chi connectivity index (χ4n) is 1.74. The smallest absolute Gasteiger partial charge is 0.119 e. The van der Waals surface area contributed by atoms with Gasteiger partial charge in [0.05, 0.1) is 13.2 Å². The first-order valence-corrected chi connectivity index (χ1v) is 6.12. The summed E-state index contributed by atoms with van der Waals surface area (Å²) in [6, 6.07) is 14.2. The normalized spacial score (nSPS) is 14.4. The van der Waals surface area contributed by atoms with Gasteiger partial charge in [-0.1, -0.05) is 30.3 Å². The lowest BCUT2D eigenvalue weighted by molar-refractivity contribution is 0.175. The predicted octanol–water partition coefficient (Wildman–Crippen LogP) is 2.32. The molecule has 0 aromatic heterocycles. The summed E-state index contributed by atoms with van der Waals surface area (Å²) in [6.45, 7) is 2.29. The number of benzene rings is 2. The van der Waals surface area contributed by atoms with Crippen molar-refractivity contribution in [3.63, 3.8) is 0 Å². The third-order valence-electron chi connectivity index (χ3n) is 3.02. The number of rotatable bonds is 5. The molecule has 0 aliphatic rings. The van der Waals surface area contributed by atoms with Crippen LogP contribution >= 0.6 is 0 Å². The van der Waals surface area contributed by atoms with Gasteiger partial charge in [0.1, 0.15) is 5.75 Å². The average molecular weight is 245 g/mol. The fourth-order valence-corrected chi connectivity index (χ4v) is 1.74. The number of hydrogen-bond acceptors (Lipinski definition) is 3. The standard InChI is InChI=1S/C15H19NO2/c1-15(16,11-17)8-9-18-14-7-6-12-4-2-3-5-13(12)10-14/h2-7,10,17H,8-9,11,16H2,1H3. The van der Waals surface area contributed by atoms with Crippen molar-refractivity contribution >= 4 is 10.8 Å². The van der Waals surface area contributed by atoms with E-state index in [0.29, 0.717) is 13.0 Å². The lowest BCUT2D eigenvalue weighted by Crippen LogP contribution is -2.41. The number of fused-ring (bicyclic) bond motifs is 1. The molecule has 96 valence electrons. The Morgan fingerprint density at radius 1 is 1.17 bits per heavy atom. The minimum atomic E-state index is -0.573. The molecular formula is C15H19NO2. The van der Waals surface area contributed by atoms with Crippen LogP contribution < -0.4 is 10.5 Å². The molecule has 0 spiro atoms. The van der Waals surface area contributed by atoms with E-state index in [1.54, 1.807) is 0 Å². The van der Waals surface area contributed by atoms with Crippen LogP contribution in [0, 0.1) is 0 Å². The van der Waals surface area contributed by atoms with Crippen molar-refractivity contribution in [2.75, 3.05) is 13.2 Å². The van der Waals surface area contributed by atoms with Crippen LogP contribution in [-0.4, -0.2) is 23.9 Å². The van der Waals surface area contributed by atoms with Gasteiger partial charge in [-0.25, -0.2) is 0 Å². The highest BCUT2D eigenvalue weighted by atomic mass is 16.5. The fraction of sp³-hybridized carbons (Fsp3) is 0.333. The van der Waals surface area contributed by atoms with E-state index in [-0.39, 0.29) is 6.61 Å². The Morgan fingerprint density at radius 2 is 1.89 bits per heavy atom. The summed E-state index contributed by atoms with van der Waals surface area (Å²) in [4.78, 5) is 0. The molecule has 0 saturated heterocycles. The maximum absolute atomic E-state index is 9.05. The van der Waals surface area contributed by atoms with Crippen molar-refractivity contribution in [3.05, 3.63) is 42.5 Å². The summed E-state index contributed by atoms with van der Waals surface area (Å²) in [5.41, 5.74) is 5.27. The second-order valence-electron chi connectivity index (χ2n) is 4.92. The summed E-state index contributed by atoms with van der Waals surface area (Å²) in [6.07, 6.45) is 0.621. The number of hydrogen-bond donors (Lipinski definition) is 2. The quantitative estimate of drug-likeness (QED) is 0.850. The van der Waals surface area contributed by atoms with E-state index in [2.05, 4.69) is 12.1 Å². The van der Waals surface area contributed by atoms with Crippen LogP contribution in [0.5, 0.6) is 5.75 Å². The third-order valence-corrected chi connectivity index (χ3v) is 3.02. The topological polar surface area (TPSA) is 55.5 Å². The van der Waals surface area contributed by atoms with Crippen LogP contribution in [-0.2, 0) is 0 Å². The molecule has 1 unspecified atom stereocenters. The number of nitrogens with two attached hydrogens (primary N) is 1. The molecule has 3 heteroatoms. The summed E-state index contributed by atoms with van der Waals surface area (Å²) < 4.78 is 5.66. The molecule has 1 atom stereocenters. The summed E-state index contributed by atoms with van der Waals surface area (Å²) >= 11 is 0. The summed E-state index contributed by atoms with van der Waals surface area (Å²) in [5.74, 6) is 0.836. The van der Waals surface area contributed by atoms with Gasteiger partial charge in [-0.05, 0) is 29.8 Å². The zero-order valence-electron chi connectivity index (χ0n) is 10.6. The second-order valence-corrected chi connectivity index (χ2v) is 4.92. The van der Waals surface area contributed by atoms with Crippen LogP contribution in [0.3, 0.4) is 0 Å². The van der Waals surface area contributed by atoms with E-state index in [1.165, 1.54) is 5.39 Å². The molecule has 3 N–H and O–H groups in total. The Kier molecular flexibility index (Phi) is 3.84. The molecule has 2 aromatic carbocycles. The van der Waals surface area contributed by atoms with Gasteiger partial charge in [0.15, 0.2) is 0 Å². The maximum atomic E-state index is 9.05. The summed E-state index contributed by atoms with van der Waals surface area (Å²) in [5, 5.41) is 11.4. The van der Waals surface area contributed by atoms with Crippen molar-refractivity contribution in [1.29, 1.82) is 0 Å². The highest BCUT2D eigenvalue weighted by Crippen LogP contribution is 2.21. The lowest BCUT2D eigenvalue weighted by atomic mass is 10.0. The molecule has 0 aliphatic heterocycles. The van der Waals surface area contributed by atoms with Crippen molar-refractivity contribution in [1.82, 2.24) is 0 Å². The second kappa shape index (κ2) is 5.38. The molecule has 0 amide bonds. The Labute approximate surface area is 107 Å². The largest absolute Gasteiger partial charge is 0.494 e. The van der Waals surface area contributed by atoms with Crippen molar-refractivity contribution in [3.8, 4) is 5.75 Å². The maximum Gasteiger partial charge on any atom is 0.119 e. The van der Waals surface area contributed by atoms with E-state index >= 15 is 0 Å². The van der Waals surface area contributed by atoms with Gasteiger partial charge in [-0.3, -0.25) is 0 Å². The Hall–Kier alpha value is -1.58. The van der Waals surface area contributed by atoms with Crippen molar-refractivity contribution < 1.29 is 9.84 Å². The molecule has 0 saturated carbocycles. The van der Waals surface area contributed by atoms with E-state index in [4.69, 9.17) is 15.6 Å². The zero-order chi connectivity index (χ0) is 13.0. The highest BCUT2D eigenvalue weighted by Gasteiger charge is 2.16. The Balaban J connectivity index is 2.00. The van der Waals surface area contributed by atoms with Crippen LogP contribution in [0.15, 0.2) is 42.5 Å². The first kappa shape index (κ1) is 12.9. The molecule has 0 radical (unpaired) electrons. The predicted molar refractivity (Wildman–Crippen MR) is 73.7 cm³/mol. The van der Waals surface area contributed by atoms with E-state index in [0.717, 1.165) is 11.1 Å². The number of aliphatic hydroxyl groups excluding tert-OH is 1. The SMILES string of the molecule is CC(N)(CO)CCOc1ccc2ccccc2c1. The van der Waals surface area contributed by atoms with Crippen LogP contribution in [0.4, 0.5) is 0 Å². The highest BCUT2D eigenvalue weighted by molar-refractivity contribution is 5.83. The Morgan fingerprint density at radius 3 is 2.61 bits per heavy atom. The molecule has 0 aliphatic carbocycles. The van der Waals surface area contributed by atoms with E-state index in [1.807, 2.05) is 37.3 Å². The number of aliphatic hydroxyl groups is 1. The van der Waals surface area contributed by atoms with E-state index < -0.39 is 5.54 Å². The molecule has 2 aromatic rings. The first-order chi connectivity index (χ1) is 8.61. The third kappa shape index (κ3) is 3.22. The van der Waals surface area contributed by atoms with Gasteiger partial charge in [0.25, 0.3) is 0 Å². The molecular weight excluding hydrogens is 226 g/mol. The van der Waals surface area contributed by atoms with Crippen LogP contribution in [0.2, 0.25) is 0 Å². The van der Waals surface area contributed by atoms with Crippen molar-refractivity contribution in [2.24, 2.45) is 5.73 Å². The minimum Gasteiger partial charge on any atom is -0.494 e. The number of ether oxygens (including phenoxy) is 1. The Bertz CT molecular complexity index is 523. The van der Waals surface area contributed by atoms with Crippen LogP contribution in [0.25, 0.3) is 10.8 Å². The molecule has 0 fully saturated rings. The first-order valence-electron chi connectivity index (χ1n) is 6.12. The average Bonchev–Trinajstić information content (AvgIpc) is 2.38. The van der Waals surface area contributed by atoms with E-state index in [9.17, 15) is 0 Å². The van der Waals surface area contributed by atoms with Gasteiger partial charge in [-0.15, -0.1) is 0 Å².